The first-order valence-corrected chi connectivity index (χ1v) is 28.7. The van der Waals surface area contributed by atoms with Crippen LogP contribution in [-0.4, -0.2) is 37.2 Å². The third-order valence-electron chi connectivity index (χ3n) is 12.0. The van der Waals surface area contributed by atoms with Gasteiger partial charge in [0.05, 0.1) is 0 Å². The fourth-order valence-electron chi connectivity index (χ4n) is 7.74. The van der Waals surface area contributed by atoms with Gasteiger partial charge in [0.2, 0.25) is 0 Å². The molecule has 0 aliphatic rings. The molecule has 69 heavy (non-hydrogen) atoms. The van der Waals surface area contributed by atoms with E-state index in [4.69, 9.17) is 14.2 Å². The van der Waals surface area contributed by atoms with E-state index < -0.39 is 6.10 Å². The monoisotopic (exact) mass is 959 g/mol. The Labute approximate surface area is 426 Å². The summed E-state index contributed by atoms with van der Waals surface area (Å²) in [5.41, 5.74) is 0. The summed E-state index contributed by atoms with van der Waals surface area (Å²) < 4.78 is 16.8. The first-order chi connectivity index (χ1) is 34.0. The van der Waals surface area contributed by atoms with E-state index in [1.165, 1.54) is 103 Å². The van der Waals surface area contributed by atoms with Crippen molar-refractivity contribution in [2.75, 3.05) is 13.2 Å². The van der Waals surface area contributed by atoms with Crippen LogP contribution in [0, 0.1) is 0 Å². The van der Waals surface area contributed by atoms with Crippen LogP contribution in [0.25, 0.3) is 0 Å². The minimum atomic E-state index is -0.785. The Kier molecular flexibility index (Phi) is 53.9. The molecular formula is C63H106O6. The van der Waals surface area contributed by atoms with Gasteiger partial charge in [-0.1, -0.05) is 227 Å². The summed E-state index contributed by atoms with van der Waals surface area (Å²) in [6, 6.07) is 0. The normalized spacial score (nSPS) is 12.8. The molecule has 6 nitrogen and oxygen atoms in total. The maximum atomic E-state index is 12.8. The molecule has 0 radical (unpaired) electrons. The lowest BCUT2D eigenvalue weighted by atomic mass is 10.1. The zero-order valence-electron chi connectivity index (χ0n) is 45.0. The summed E-state index contributed by atoms with van der Waals surface area (Å²) in [4.78, 5) is 38.0. The van der Waals surface area contributed by atoms with Gasteiger partial charge >= 0.3 is 17.9 Å². The van der Waals surface area contributed by atoms with E-state index in [2.05, 4.69) is 118 Å². The maximum absolute atomic E-state index is 12.8. The van der Waals surface area contributed by atoms with Crippen LogP contribution in [0.1, 0.15) is 265 Å². The van der Waals surface area contributed by atoms with E-state index in [-0.39, 0.29) is 31.1 Å². The number of hydrogen-bond acceptors (Lipinski definition) is 6. The fraction of sp³-hybridized carbons (Fsp3) is 0.698. The molecule has 0 saturated heterocycles. The number of carbonyl (C=O) groups is 3. The molecule has 0 amide bonds. The molecule has 0 saturated carbocycles. The molecule has 1 atom stereocenters. The van der Waals surface area contributed by atoms with Crippen molar-refractivity contribution in [2.24, 2.45) is 0 Å². The Balaban J connectivity index is 4.19. The van der Waals surface area contributed by atoms with Crippen LogP contribution in [0.15, 0.2) is 97.2 Å². The molecule has 0 heterocycles. The van der Waals surface area contributed by atoms with Gasteiger partial charge in [-0.05, 0) is 116 Å². The Morgan fingerprint density at radius 3 is 0.957 bits per heavy atom. The Morgan fingerprint density at radius 1 is 0.304 bits per heavy atom. The van der Waals surface area contributed by atoms with Gasteiger partial charge in [0.1, 0.15) is 13.2 Å². The second-order valence-electron chi connectivity index (χ2n) is 18.8. The SMILES string of the molecule is CC/C=C\C/C=C\C/C=C\C/C=C\C/C=C\C/C=C\CCCCCCCCCCCCC(=O)OCC(COC(=O)CCCCCCC/C=C\CCC)OC(=O)CCCCCCC/C=C\CCCCC. The standard InChI is InChI=1S/C63H106O6/c1-4-7-10-13-16-19-22-24-25-26-27-28-29-30-31-32-33-34-35-36-37-38-39-40-42-44-47-50-53-56-62(65)68-59-60(58-67-61(64)55-52-49-46-43-21-18-15-12-9-6-3)69-63(66)57-54-51-48-45-41-23-20-17-14-11-8-5-2/h7,10,12,15-17,19-20,24-25,27-28,30-31,33-34,60H,4-6,8-9,11,13-14,18,21-23,26,29,32,35-59H2,1-3H3/b10-7-,15-12-,19-16-,20-17-,25-24-,28-27-,31-30-,34-33-. The molecule has 6 heteroatoms. The lowest BCUT2D eigenvalue weighted by molar-refractivity contribution is -0.167. The summed E-state index contributed by atoms with van der Waals surface area (Å²) in [6.45, 7) is 6.42. The Bertz CT molecular complexity index is 1380. The number of hydrogen-bond donors (Lipinski definition) is 0. The van der Waals surface area contributed by atoms with Gasteiger partial charge in [0.15, 0.2) is 6.10 Å². The molecule has 0 aliphatic heterocycles. The van der Waals surface area contributed by atoms with E-state index >= 15 is 0 Å². The van der Waals surface area contributed by atoms with Gasteiger partial charge in [-0.25, -0.2) is 0 Å². The summed E-state index contributed by atoms with van der Waals surface area (Å²) in [6.07, 6.45) is 75.6. The number of carbonyl (C=O) groups excluding carboxylic acids is 3. The van der Waals surface area contributed by atoms with Gasteiger partial charge in [0.25, 0.3) is 0 Å². The minimum Gasteiger partial charge on any atom is -0.462 e. The van der Waals surface area contributed by atoms with Crippen LogP contribution < -0.4 is 0 Å². The predicted octanol–water partition coefficient (Wildman–Crippen LogP) is 19.3. The van der Waals surface area contributed by atoms with Crippen molar-refractivity contribution in [3.63, 3.8) is 0 Å². The van der Waals surface area contributed by atoms with Crippen LogP contribution in [0.4, 0.5) is 0 Å². The molecular weight excluding hydrogens is 853 g/mol. The van der Waals surface area contributed by atoms with Crippen LogP contribution in [0.2, 0.25) is 0 Å². The topological polar surface area (TPSA) is 78.9 Å². The largest absolute Gasteiger partial charge is 0.462 e. The van der Waals surface area contributed by atoms with Gasteiger partial charge in [0, 0.05) is 19.3 Å². The van der Waals surface area contributed by atoms with Crippen molar-refractivity contribution in [3.05, 3.63) is 97.2 Å². The number of ether oxygens (including phenoxy) is 3. The van der Waals surface area contributed by atoms with Crippen molar-refractivity contribution >= 4 is 17.9 Å². The molecule has 0 rings (SSSR count). The highest BCUT2D eigenvalue weighted by atomic mass is 16.6. The lowest BCUT2D eigenvalue weighted by Gasteiger charge is -2.18. The van der Waals surface area contributed by atoms with Crippen LogP contribution in [0.3, 0.4) is 0 Å². The summed E-state index contributed by atoms with van der Waals surface area (Å²) in [7, 11) is 0. The van der Waals surface area contributed by atoms with E-state index in [1.54, 1.807) is 0 Å². The van der Waals surface area contributed by atoms with Crippen molar-refractivity contribution in [1.82, 2.24) is 0 Å². The molecule has 0 aromatic heterocycles. The van der Waals surface area contributed by atoms with Crippen molar-refractivity contribution < 1.29 is 28.6 Å². The number of esters is 3. The number of rotatable bonds is 51. The molecule has 1 unspecified atom stereocenters. The number of unbranched alkanes of at least 4 members (excludes halogenated alkanes) is 24. The summed E-state index contributed by atoms with van der Waals surface area (Å²) in [5.74, 6) is -0.909. The van der Waals surface area contributed by atoms with Gasteiger partial charge < -0.3 is 14.2 Å². The number of allylic oxidation sites excluding steroid dienone is 16. The molecule has 0 bridgehead atoms. The van der Waals surface area contributed by atoms with Crippen LogP contribution >= 0.6 is 0 Å². The zero-order valence-corrected chi connectivity index (χ0v) is 45.0. The highest BCUT2D eigenvalue weighted by Crippen LogP contribution is 2.15. The second kappa shape index (κ2) is 56.9. The smallest absolute Gasteiger partial charge is 0.306 e. The average molecular weight is 960 g/mol. The predicted molar refractivity (Wildman–Crippen MR) is 297 cm³/mol. The summed E-state index contributed by atoms with van der Waals surface area (Å²) in [5, 5.41) is 0. The third-order valence-corrected chi connectivity index (χ3v) is 12.0. The van der Waals surface area contributed by atoms with Crippen molar-refractivity contribution in [2.45, 2.75) is 271 Å². The van der Waals surface area contributed by atoms with Crippen molar-refractivity contribution in [1.29, 1.82) is 0 Å². The average Bonchev–Trinajstić information content (AvgIpc) is 3.35. The van der Waals surface area contributed by atoms with Crippen LogP contribution in [0.5, 0.6) is 0 Å². The molecule has 0 N–H and O–H groups in total. The molecule has 394 valence electrons. The highest BCUT2D eigenvalue weighted by Gasteiger charge is 2.19. The highest BCUT2D eigenvalue weighted by molar-refractivity contribution is 5.71. The van der Waals surface area contributed by atoms with E-state index in [0.29, 0.717) is 19.3 Å². The van der Waals surface area contributed by atoms with Gasteiger partial charge in [-0.3, -0.25) is 14.4 Å². The maximum Gasteiger partial charge on any atom is 0.306 e. The van der Waals surface area contributed by atoms with Crippen molar-refractivity contribution in [3.8, 4) is 0 Å². The third kappa shape index (κ3) is 55.1. The molecule has 0 fully saturated rings. The quantitative estimate of drug-likeness (QED) is 0.0262. The molecule has 0 aromatic carbocycles. The Hall–Kier alpha value is -3.67. The lowest BCUT2D eigenvalue weighted by Crippen LogP contribution is -2.30. The van der Waals surface area contributed by atoms with Gasteiger partial charge in [-0.15, -0.1) is 0 Å². The minimum absolute atomic E-state index is 0.0854. The fourth-order valence-corrected chi connectivity index (χ4v) is 7.74. The summed E-state index contributed by atoms with van der Waals surface area (Å²) >= 11 is 0. The zero-order chi connectivity index (χ0) is 50.0. The first-order valence-electron chi connectivity index (χ1n) is 28.7. The van der Waals surface area contributed by atoms with Crippen LogP contribution in [-0.2, 0) is 28.6 Å². The molecule has 0 spiro atoms. The first kappa shape index (κ1) is 65.3. The van der Waals surface area contributed by atoms with E-state index in [9.17, 15) is 14.4 Å². The molecule has 0 aliphatic carbocycles. The Morgan fingerprint density at radius 2 is 0.594 bits per heavy atom. The molecule has 0 aromatic rings. The second-order valence-corrected chi connectivity index (χ2v) is 18.8. The van der Waals surface area contributed by atoms with E-state index in [1.807, 2.05) is 0 Å². The van der Waals surface area contributed by atoms with Gasteiger partial charge in [-0.2, -0.15) is 0 Å². The van der Waals surface area contributed by atoms with E-state index in [0.717, 1.165) is 122 Å².